The monoisotopic (exact) mass is 317 g/mol. The van der Waals surface area contributed by atoms with E-state index in [1.807, 2.05) is 25.1 Å². The van der Waals surface area contributed by atoms with Crippen molar-refractivity contribution in [2.24, 2.45) is 0 Å². The van der Waals surface area contributed by atoms with E-state index in [1.54, 1.807) is 6.20 Å². The van der Waals surface area contributed by atoms with Crippen LogP contribution in [0.15, 0.2) is 24.4 Å². The molecule has 22 heavy (non-hydrogen) atoms. The maximum Gasteiger partial charge on any atom is 0.244 e. The minimum absolute atomic E-state index is 0.457. The van der Waals surface area contributed by atoms with Crippen LogP contribution in [-0.4, -0.2) is 21.2 Å². The van der Waals surface area contributed by atoms with Crippen LogP contribution in [0.3, 0.4) is 0 Å². The van der Waals surface area contributed by atoms with E-state index in [0.717, 1.165) is 11.3 Å². The van der Waals surface area contributed by atoms with Crippen molar-refractivity contribution >= 4 is 29.1 Å². The van der Waals surface area contributed by atoms with Gasteiger partial charge in [-0.3, -0.25) is 0 Å². The van der Waals surface area contributed by atoms with Crippen LogP contribution in [-0.2, 0) is 0 Å². The van der Waals surface area contributed by atoms with Crippen LogP contribution < -0.4 is 10.6 Å². The van der Waals surface area contributed by atoms with Crippen LogP contribution in [0.2, 0.25) is 5.02 Å². The smallest absolute Gasteiger partial charge is 0.244 e. The summed E-state index contributed by atoms with van der Waals surface area (Å²) in [5.41, 5.74) is 2.03. The fourth-order valence-electron chi connectivity index (χ4n) is 2.72. The van der Waals surface area contributed by atoms with Gasteiger partial charge in [-0.25, -0.2) is 0 Å². The summed E-state index contributed by atoms with van der Waals surface area (Å²) in [5.74, 6) is 1.25. The van der Waals surface area contributed by atoms with E-state index in [2.05, 4.69) is 25.8 Å². The lowest BCUT2D eigenvalue weighted by atomic mass is 9.96. The molecule has 2 N–H and O–H groups in total. The number of nitrogens with zero attached hydrogens (tertiary/aromatic N) is 3. The molecule has 3 rings (SSSR count). The highest BCUT2D eigenvalue weighted by atomic mass is 35.5. The van der Waals surface area contributed by atoms with Gasteiger partial charge in [-0.1, -0.05) is 36.9 Å². The van der Waals surface area contributed by atoms with Gasteiger partial charge in [-0.05, 0) is 37.5 Å². The number of hydrogen-bond acceptors (Lipinski definition) is 5. The molecule has 1 aromatic carbocycles. The third kappa shape index (κ3) is 3.85. The van der Waals surface area contributed by atoms with Crippen LogP contribution in [0.1, 0.15) is 37.7 Å². The normalized spacial score (nSPS) is 15.5. The Morgan fingerprint density at radius 3 is 2.82 bits per heavy atom. The molecule has 0 bridgehead atoms. The Morgan fingerprint density at radius 2 is 2.00 bits per heavy atom. The molecule has 0 radical (unpaired) electrons. The van der Waals surface area contributed by atoms with Crippen molar-refractivity contribution in [1.29, 1.82) is 0 Å². The van der Waals surface area contributed by atoms with E-state index in [4.69, 9.17) is 11.6 Å². The topological polar surface area (TPSA) is 62.7 Å². The molecule has 1 aliphatic carbocycles. The molecule has 1 heterocycles. The first-order chi connectivity index (χ1) is 10.7. The molecule has 5 nitrogen and oxygen atoms in total. The first-order valence-corrected chi connectivity index (χ1v) is 8.08. The molecule has 6 heteroatoms. The van der Waals surface area contributed by atoms with Gasteiger partial charge in [0.2, 0.25) is 5.95 Å². The van der Waals surface area contributed by atoms with Crippen molar-refractivity contribution in [2.75, 3.05) is 10.6 Å². The van der Waals surface area contributed by atoms with E-state index < -0.39 is 0 Å². The largest absolute Gasteiger partial charge is 0.350 e. The Morgan fingerprint density at radius 1 is 1.18 bits per heavy atom. The molecule has 116 valence electrons. The van der Waals surface area contributed by atoms with Crippen LogP contribution in [0, 0.1) is 6.92 Å². The Labute approximate surface area is 135 Å². The van der Waals surface area contributed by atoms with Crippen molar-refractivity contribution in [2.45, 2.75) is 45.1 Å². The van der Waals surface area contributed by atoms with Gasteiger partial charge >= 0.3 is 0 Å². The number of rotatable bonds is 4. The Bertz CT molecular complexity index is 640. The van der Waals surface area contributed by atoms with Crippen LogP contribution in [0.5, 0.6) is 0 Å². The molecule has 2 aromatic rings. The van der Waals surface area contributed by atoms with Crippen molar-refractivity contribution in [3.63, 3.8) is 0 Å². The summed E-state index contributed by atoms with van der Waals surface area (Å²) in [4.78, 5) is 4.49. The molecule has 0 saturated heterocycles. The third-order valence-corrected chi connectivity index (χ3v) is 4.19. The maximum atomic E-state index is 6.04. The molecule has 1 aliphatic rings. The number of aryl methyl sites for hydroxylation is 1. The molecule has 1 fully saturated rings. The average molecular weight is 318 g/mol. The minimum atomic E-state index is 0.457. The summed E-state index contributed by atoms with van der Waals surface area (Å²) in [7, 11) is 0. The van der Waals surface area contributed by atoms with Crippen molar-refractivity contribution in [3.8, 4) is 0 Å². The minimum Gasteiger partial charge on any atom is -0.350 e. The number of aromatic nitrogens is 3. The van der Waals surface area contributed by atoms with E-state index in [9.17, 15) is 0 Å². The molecular weight excluding hydrogens is 298 g/mol. The summed E-state index contributed by atoms with van der Waals surface area (Å²) in [6.45, 7) is 2.02. The number of halogens is 1. The predicted octanol–water partition coefficient (Wildman–Crippen LogP) is 4.32. The highest BCUT2D eigenvalue weighted by Crippen LogP contribution is 2.24. The van der Waals surface area contributed by atoms with Crippen molar-refractivity contribution in [3.05, 3.63) is 35.0 Å². The van der Waals surface area contributed by atoms with E-state index >= 15 is 0 Å². The zero-order chi connectivity index (χ0) is 15.4. The Hall–Kier alpha value is -1.88. The molecule has 0 aliphatic heterocycles. The molecule has 1 saturated carbocycles. The van der Waals surface area contributed by atoms with E-state index in [1.165, 1.54) is 32.1 Å². The van der Waals surface area contributed by atoms with Gasteiger partial charge in [0.25, 0.3) is 0 Å². The number of anilines is 3. The summed E-state index contributed by atoms with van der Waals surface area (Å²) in [6, 6.07) is 6.18. The molecule has 0 unspecified atom stereocenters. The van der Waals surface area contributed by atoms with Crippen LogP contribution >= 0.6 is 11.6 Å². The van der Waals surface area contributed by atoms with Gasteiger partial charge in [-0.2, -0.15) is 10.1 Å². The van der Waals surface area contributed by atoms with Gasteiger partial charge in [0.1, 0.15) is 0 Å². The third-order valence-electron chi connectivity index (χ3n) is 3.96. The summed E-state index contributed by atoms with van der Waals surface area (Å²) in [6.07, 6.45) is 7.83. The summed E-state index contributed by atoms with van der Waals surface area (Å²) in [5, 5.41) is 15.4. The lowest BCUT2D eigenvalue weighted by Gasteiger charge is -2.22. The molecule has 1 aromatic heterocycles. The average Bonchev–Trinajstić information content (AvgIpc) is 2.52. The SMILES string of the molecule is Cc1ccc(Cl)cc1Nc1cnnc(NC2CCCCC2)n1. The Kier molecular flexibility index (Phi) is 4.73. The van der Waals surface area contributed by atoms with Gasteiger partial charge in [0.05, 0.1) is 6.20 Å². The first-order valence-electron chi connectivity index (χ1n) is 7.70. The lowest BCUT2D eigenvalue weighted by molar-refractivity contribution is 0.460. The fraction of sp³-hybridized carbons (Fsp3) is 0.438. The second-order valence-corrected chi connectivity index (χ2v) is 6.17. The van der Waals surface area contributed by atoms with Crippen molar-refractivity contribution < 1.29 is 0 Å². The second-order valence-electron chi connectivity index (χ2n) is 5.73. The molecular formula is C16H20ClN5. The van der Waals surface area contributed by atoms with Gasteiger partial charge in [0, 0.05) is 16.8 Å². The first kappa shape index (κ1) is 15.0. The fourth-order valence-corrected chi connectivity index (χ4v) is 2.89. The van der Waals surface area contributed by atoms with Crippen LogP contribution in [0.4, 0.5) is 17.5 Å². The number of hydrogen-bond donors (Lipinski definition) is 2. The molecule has 0 spiro atoms. The quantitative estimate of drug-likeness (QED) is 0.879. The molecule has 0 amide bonds. The van der Waals surface area contributed by atoms with E-state index in [-0.39, 0.29) is 0 Å². The second kappa shape index (κ2) is 6.92. The zero-order valence-electron chi connectivity index (χ0n) is 12.6. The summed E-state index contributed by atoms with van der Waals surface area (Å²) < 4.78 is 0. The highest BCUT2D eigenvalue weighted by molar-refractivity contribution is 6.30. The highest BCUT2D eigenvalue weighted by Gasteiger charge is 2.14. The summed E-state index contributed by atoms with van der Waals surface area (Å²) >= 11 is 6.04. The van der Waals surface area contributed by atoms with Gasteiger partial charge in [-0.15, -0.1) is 5.10 Å². The van der Waals surface area contributed by atoms with Gasteiger partial charge in [0.15, 0.2) is 5.82 Å². The standard InChI is InChI=1S/C16H20ClN5/c1-11-7-8-12(17)9-14(11)20-15-10-18-22-16(21-15)19-13-5-3-2-4-6-13/h7-10,13H,2-6H2,1H3,(H2,19,20,21,22). The maximum absolute atomic E-state index is 6.04. The van der Waals surface area contributed by atoms with Crippen LogP contribution in [0.25, 0.3) is 0 Å². The zero-order valence-corrected chi connectivity index (χ0v) is 13.4. The van der Waals surface area contributed by atoms with Gasteiger partial charge < -0.3 is 10.6 Å². The molecule has 0 atom stereocenters. The van der Waals surface area contributed by atoms with Crippen molar-refractivity contribution in [1.82, 2.24) is 15.2 Å². The number of nitrogens with one attached hydrogen (secondary N) is 2. The lowest BCUT2D eigenvalue weighted by Crippen LogP contribution is -2.23. The Balaban J connectivity index is 1.71. The van der Waals surface area contributed by atoms with E-state index in [0.29, 0.717) is 22.8 Å². The predicted molar refractivity (Wildman–Crippen MR) is 89.8 cm³/mol. The number of benzene rings is 1.